The zero-order valence-electron chi connectivity index (χ0n) is 14.7. The molecule has 0 saturated heterocycles. The molecule has 8 heteroatoms. The van der Waals surface area contributed by atoms with E-state index < -0.39 is 0 Å². The van der Waals surface area contributed by atoms with Crippen LogP contribution < -0.4 is 5.32 Å². The Bertz CT molecular complexity index is 914. The molecule has 1 aliphatic rings. The molecule has 0 aliphatic heterocycles. The number of rotatable bonds is 6. The van der Waals surface area contributed by atoms with Gasteiger partial charge in [0, 0.05) is 6.07 Å². The molecule has 6 nitrogen and oxygen atoms in total. The Kier molecular flexibility index (Phi) is 5.24. The number of nitrogens with zero attached hydrogens (tertiary/aromatic N) is 3. The smallest absolute Gasteiger partial charge is 0.235 e. The number of aromatic amines is 1. The minimum atomic E-state index is -0.277. The number of halogens is 1. The first-order valence-corrected chi connectivity index (χ1v) is 9.95. The third-order valence-electron chi connectivity index (χ3n) is 4.66. The van der Waals surface area contributed by atoms with Crippen molar-refractivity contribution in [3.63, 3.8) is 0 Å². The first-order chi connectivity index (χ1) is 13.2. The molecule has 1 aromatic carbocycles. The van der Waals surface area contributed by atoms with Crippen molar-refractivity contribution in [3.8, 4) is 11.3 Å². The number of carbonyl (C=O) groups excluding carboxylic acids is 1. The number of anilines is 1. The highest BCUT2D eigenvalue weighted by molar-refractivity contribution is 7.99. The van der Waals surface area contributed by atoms with Crippen LogP contribution in [0.5, 0.6) is 0 Å². The monoisotopic (exact) mass is 385 g/mol. The highest BCUT2D eigenvalue weighted by atomic mass is 32.2. The zero-order valence-corrected chi connectivity index (χ0v) is 15.5. The summed E-state index contributed by atoms with van der Waals surface area (Å²) in [5, 5.41) is 7.95. The van der Waals surface area contributed by atoms with Crippen LogP contribution in [0, 0.1) is 5.82 Å². The molecule has 1 saturated carbocycles. The average molecular weight is 385 g/mol. The van der Waals surface area contributed by atoms with Crippen LogP contribution in [0.4, 0.5) is 10.2 Å². The van der Waals surface area contributed by atoms with Crippen LogP contribution in [0.1, 0.15) is 31.7 Å². The summed E-state index contributed by atoms with van der Waals surface area (Å²) in [5.74, 6) is 0.617. The number of hydrogen-bond acceptors (Lipinski definition) is 4. The molecule has 140 valence electrons. The molecule has 2 N–H and O–H groups in total. The molecule has 0 radical (unpaired) electrons. The minimum Gasteiger partial charge on any atom is -0.333 e. The van der Waals surface area contributed by atoms with Gasteiger partial charge in [0.2, 0.25) is 5.91 Å². The van der Waals surface area contributed by atoms with Gasteiger partial charge < -0.3 is 10.3 Å². The molecule has 4 rings (SSSR count). The fraction of sp³-hybridized carbons (Fsp3) is 0.316. The van der Waals surface area contributed by atoms with Crippen LogP contribution in [0.25, 0.3) is 11.3 Å². The number of benzene rings is 1. The van der Waals surface area contributed by atoms with E-state index in [1.165, 1.54) is 36.7 Å². The van der Waals surface area contributed by atoms with E-state index in [-0.39, 0.29) is 17.5 Å². The molecule has 0 unspecified atom stereocenters. The van der Waals surface area contributed by atoms with E-state index in [1.54, 1.807) is 24.5 Å². The van der Waals surface area contributed by atoms with Gasteiger partial charge in [-0.05, 0) is 42.7 Å². The van der Waals surface area contributed by atoms with E-state index in [9.17, 15) is 9.18 Å². The lowest BCUT2D eigenvalue weighted by molar-refractivity contribution is -0.113. The molecule has 0 atom stereocenters. The maximum Gasteiger partial charge on any atom is 0.235 e. The fourth-order valence-corrected chi connectivity index (χ4v) is 3.97. The summed E-state index contributed by atoms with van der Waals surface area (Å²) in [7, 11) is 0. The van der Waals surface area contributed by atoms with Crippen molar-refractivity contribution >= 4 is 23.5 Å². The summed E-state index contributed by atoms with van der Waals surface area (Å²) in [6.07, 6.45) is 8.05. The van der Waals surface area contributed by atoms with Crippen molar-refractivity contribution in [3.05, 3.63) is 48.5 Å². The van der Waals surface area contributed by atoms with E-state index in [4.69, 9.17) is 0 Å². The van der Waals surface area contributed by atoms with Crippen molar-refractivity contribution in [1.82, 2.24) is 19.7 Å². The summed E-state index contributed by atoms with van der Waals surface area (Å²) in [4.78, 5) is 19.7. The highest BCUT2D eigenvalue weighted by Crippen LogP contribution is 2.31. The largest absolute Gasteiger partial charge is 0.333 e. The van der Waals surface area contributed by atoms with Crippen molar-refractivity contribution in [2.45, 2.75) is 36.9 Å². The lowest BCUT2D eigenvalue weighted by Crippen LogP contribution is -2.19. The molecule has 1 amide bonds. The van der Waals surface area contributed by atoms with Crippen molar-refractivity contribution in [2.24, 2.45) is 0 Å². The van der Waals surface area contributed by atoms with E-state index in [0.717, 1.165) is 29.9 Å². The van der Waals surface area contributed by atoms with Gasteiger partial charge >= 0.3 is 0 Å². The molecule has 0 bridgehead atoms. The predicted molar refractivity (Wildman–Crippen MR) is 103 cm³/mol. The Morgan fingerprint density at radius 3 is 2.81 bits per heavy atom. The van der Waals surface area contributed by atoms with Gasteiger partial charge in [-0.2, -0.15) is 5.10 Å². The van der Waals surface area contributed by atoms with Crippen molar-refractivity contribution < 1.29 is 9.18 Å². The minimum absolute atomic E-state index is 0.0977. The molecule has 1 aliphatic carbocycles. The van der Waals surface area contributed by atoms with Gasteiger partial charge in [0.15, 0.2) is 5.16 Å². The Morgan fingerprint density at radius 1 is 1.26 bits per heavy atom. The summed E-state index contributed by atoms with van der Waals surface area (Å²) in [5.41, 5.74) is 1.64. The number of carbonyl (C=O) groups is 1. The second-order valence-corrected chi connectivity index (χ2v) is 7.51. The maximum absolute atomic E-state index is 13.0. The number of aromatic nitrogens is 4. The van der Waals surface area contributed by atoms with Gasteiger partial charge in [0.1, 0.15) is 11.6 Å². The molecular formula is C19H20FN5OS. The second kappa shape index (κ2) is 7.96. The molecule has 0 spiro atoms. The normalized spacial score (nSPS) is 14.6. The Hall–Kier alpha value is -2.61. The van der Waals surface area contributed by atoms with E-state index in [1.807, 2.05) is 10.7 Å². The Labute approximate surface area is 160 Å². The number of amides is 1. The molecule has 27 heavy (non-hydrogen) atoms. The third-order valence-corrected chi connectivity index (χ3v) is 5.54. The molecule has 2 heterocycles. The Morgan fingerprint density at radius 2 is 2.04 bits per heavy atom. The van der Waals surface area contributed by atoms with Crippen LogP contribution >= 0.6 is 11.8 Å². The van der Waals surface area contributed by atoms with E-state index in [0.29, 0.717) is 11.2 Å². The number of thioether (sulfide) groups is 1. The molecule has 1 fully saturated rings. The molecule has 2 aromatic heterocycles. The Balaban J connectivity index is 1.33. The van der Waals surface area contributed by atoms with Gasteiger partial charge in [-0.15, -0.1) is 0 Å². The first-order valence-electron chi connectivity index (χ1n) is 8.96. The number of hydrogen-bond donors (Lipinski definition) is 2. The van der Waals surface area contributed by atoms with Gasteiger partial charge in [-0.1, -0.05) is 24.6 Å². The van der Waals surface area contributed by atoms with E-state index in [2.05, 4.69) is 20.4 Å². The van der Waals surface area contributed by atoms with E-state index >= 15 is 0 Å². The number of H-pyrrole nitrogens is 1. The van der Waals surface area contributed by atoms with Crippen molar-refractivity contribution in [1.29, 1.82) is 0 Å². The second-order valence-electron chi connectivity index (χ2n) is 6.55. The summed E-state index contributed by atoms with van der Waals surface area (Å²) < 4.78 is 14.9. The van der Waals surface area contributed by atoms with Gasteiger partial charge in [0.25, 0.3) is 0 Å². The summed E-state index contributed by atoms with van der Waals surface area (Å²) in [6.45, 7) is 0. The molecule has 3 aromatic rings. The van der Waals surface area contributed by atoms with Gasteiger partial charge in [0.05, 0.1) is 29.9 Å². The lowest BCUT2D eigenvalue weighted by atomic mass is 10.2. The number of nitrogens with one attached hydrogen (secondary N) is 2. The van der Waals surface area contributed by atoms with Gasteiger partial charge in [-0.25, -0.2) is 14.1 Å². The SMILES string of the molecule is O=C(CSc1ncc(-c2ccc(F)cc2)[nH]1)Nc1ccnn1C1CCCC1. The van der Waals surface area contributed by atoms with Crippen LogP contribution in [-0.4, -0.2) is 31.4 Å². The zero-order chi connectivity index (χ0) is 18.6. The first kappa shape index (κ1) is 17.8. The highest BCUT2D eigenvalue weighted by Gasteiger charge is 2.20. The van der Waals surface area contributed by atoms with Crippen LogP contribution in [0.3, 0.4) is 0 Å². The summed E-state index contributed by atoms with van der Waals surface area (Å²) >= 11 is 1.32. The van der Waals surface area contributed by atoms with Gasteiger partial charge in [-0.3, -0.25) is 4.79 Å². The third kappa shape index (κ3) is 4.21. The maximum atomic E-state index is 13.0. The van der Waals surface area contributed by atoms with Crippen LogP contribution in [0.2, 0.25) is 0 Å². The fourth-order valence-electron chi connectivity index (χ4n) is 3.32. The quantitative estimate of drug-likeness (QED) is 0.622. The topological polar surface area (TPSA) is 75.6 Å². The lowest BCUT2D eigenvalue weighted by Gasteiger charge is -2.14. The van der Waals surface area contributed by atoms with Crippen LogP contribution in [-0.2, 0) is 4.79 Å². The van der Waals surface area contributed by atoms with Crippen molar-refractivity contribution in [2.75, 3.05) is 11.1 Å². The predicted octanol–water partition coefficient (Wildman–Crippen LogP) is 4.26. The van der Waals surface area contributed by atoms with Crippen LogP contribution in [0.15, 0.2) is 47.9 Å². The standard InChI is InChI=1S/C19H20FN5OS/c20-14-7-5-13(6-8-14)16-11-21-19(23-16)27-12-18(26)24-17-9-10-22-25(17)15-3-1-2-4-15/h5-11,15H,1-4,12H2,(H,21,23)(H,24,26). The average Bonchev–Trinajstić information content (AvgIpc) is 3.42. The summed E-state index contributed by atoms with van der Waals surface area (Å²) in [6, 6.07) is 8.41. The number of imidazole rings is 1. The molecular weight excluding hydrogens is 365 g/mol.